The summed E-state index contributed by atoms with van der Waals surface area (Å²) in [5.41, 5.74) is 1.82. The maximum absolute atomic E-state index is 12.4. The molecule has 1 aliphatic rings. The highest BCUT2D eigenvalue weighted by Crippen LogP contribution is 2.31. The SMILES string of the molecule is O=C1c2ccnc(Cl)c2CN1Cc1ccc(OCC(F)(F)F)c(Cl)c1. The molecule has 9 heteroatoms. The maximum Gasteiger partial charge on any atom is 0.422 e. The Bertz CT molecular complexity index is 828. The van der Waals surface area contributed by atoms with Gasteiger partial charge in [-0.25, -0.2) is 4.98 Å². The van der Waals surface area contributed by atoms with Crippen LogP contribution < -0.4 is 4.74 Å². The minimum atomic E-state index is -4.44. The molecule has 4 nitrogen and oxygen atoms in total. The standard InChI is InChI=1S/C16H11Cl2F3N2O2/c17-12-5-9(1-2-13(12)25-8-16(19,20)21)6-23-7-11-10(15(23)24)3-4-22-14(11)18/h1-5H,6-8H2. The number of ether oxygens (including phenoxy) is 1. The topological polar surface area (TPSA) is 42.4 Å². The Labute approximate surface area is 151 Å². The summed E-state index contributed by atoms with van der Waals surface area (Å²) < 4.78 is 41.3. The van der Waals surface area contributed by atoms with E-state index in [1.165, 1.54) is 18.3 Å². The van der Waals surface area contributed by atoms with Gasteiger partial charge in [-0.15, -0.1) is 0 Å². The van der Waals surface area contributed by atoms with Gasteiger partial charge in [0, 0.05) is 23.9 Å². The number of halogens is 5. The van der Waals surface area contributed by atoms with Crippen LogP contribution in [-0.2, 0) is 13.1 Å². The Kier molecular flexibility index (Phi) is 4.79. The number of hydrogen-bond acceptors (Lipinski definition) is 3. The summed E-state index contributed by atoms with van der Waals surface area (Å²) in [6.07, 6.45) is -2.98. The van der Waals surface area contributed by atoms with Crippen molar-refractivity contribution in [2.45, 2.75) is 19.3 Å². The summed E-state index contributed by atoms with van der Waals surface area (Å²) in [4.78, 5) is 17.9. The Balaban J connectivity index is 1.71. The van der Waals surface area contributed by atoms with Crippen molar-refractivity contribution in [3.05, 3.63) is 57.3 Å². The van der Waals surface area contributed by atoms with Gasteiger partial charge in [-0.05, 0) is 23.8 Å². The van der Waals surface area contributed by atoms with Crippen molar-refractivity contribution in [3.8, 4) is 5.75 Å². The lowest BCUT2D eigenvalue weighted by Gasteiger charge is -2.17. The first-order chi connectivity index (χ1) is 11.7. The van der Waals surface area contributed by atoms with Crippen LogP contribution in [-0.4, -0.2) is 28.6 Å². The van der Waals surface area contributed by atoms with E-state index in [-0.39, 0.29) is 28.4 Å². The van der Waals surface area contributed by atoms with Gasteiger partial charge in [0.25, 0.3) is 5.91 Å². The van der Waals surface area contributed by atoms with Gasteiger partial charge in [-0.1, -0.05) is 29.3 Å². The number of benzene rings is 1. The summed E-state index contributed by atoms with van der Waals surface area (Å²) in [7, 11) is 0. The molecule has 0 fully saturated rings. The van der Waals surface area contributed by atoms with Crippen LogP contribution in [0.5, 0.6) is 5.75 Å². The van der Waals surface area contributed by atoms with Crippen molar-refractivity contribution in [1.82, 2.24) is 9.88 Å². The molecule has 0 unspecified atom stereocenters. The minimum absolute atomic E-state index is 0.0469. The zero-order valence-electron chi connectivity index (χ0n) is 12.6. The van der Waals surface area contributed by atoms with Gasteiger partial charge in [0.2, 0.25) is 0 Å². The van der Waals surface area contributed by atoms with Gasteiger partial charge in [0.15, 0.2) is 6.61 Å². The zero-order chi connectivity index (χ0) is 18.2. The van der Waals surface area contributed by atoms with Crippen molar-refractivity contribution in [3.63, 3.8) is 0 Å². The Hall–Kier alpha value is -1.99. The predicted molar refractivity (Wildman–Crippen MR) is 85.8 cm³/mol. The summed E-state index contributed by atoms with van der Waals surface area (Å²) in [6, 6.07) is 5.99. The number of amides is 1. The second kappa shape index (κ2) is 6.72. The van der Waals surface area contributed by atoms with Crippen LogP contribution in [0, 0.1) is 0 Å². The molecule has 0 N–H and O–H groups in total. The van der Waals surface area contributed by atoms with E-state index in [0.717, 1.165) is 0 Å². The molecule has 0 radical (unpaired) electrons. The first-order valence-electron chi connectivity index (χ1n) is 7.15. The van der Waals surface area contributed by atoms with Crippen LogP contribution in [0.3, 0.4) is 0 Å². The molecule has 1 amide bonds. The summed E-state index contributed by atoms with van der Waals surface area (Å²) in [5.74, 6) is -0.251. The first kappa shape index (κ1) is 17.8. The van der Waals surface area contributed by atoms with Crippen LogP contribution in [0.1, 0.15) is 21.5 Å². The molecule has 2 aromatic rings. The fraction of sp³-hybridized carbons (Fsp3) is 0.250. The van der Waals surface area contributed by atoms with Crippen molar-refractivity contribution in [2.75, 3.05) is 6.61 Å². The van der Waals surface area contributed by atoms with E-state index in [9.17, 15) is 18.0 Å². The van der Waals surface area contributed by atoms with Crippen molar-refractivity contribution >= 4 is 29.1 Å². The Morgan fingerprint density at radius 2 is 2.00 bits per heavy atom. The number of pyridine rings is 1. The molecule has 0 aliphatic carbocycles. The lowest BCUT2D eigenvalue weighted by Crippen LogP contribution is -2.23. The van der Waals surface area contributed by atoms with E-state index >= 15 is 0 Å². The zero-order valence-corrected chi connectivity index (χ0v) is 14.1. The van der Waals surface area contributed by atoms with Crippen molar-refractivity contribution in [1.29, 1.82) is 0 Å². The summed E-state index contributed by atoms with van der Waals surface area (Å²) in [5, 5.41) is 0.327. The molecule has 1 aromatic heterocycles. The van der Waals surface area contributed by atoms with Gasteiger partial charge in [-0.2, -0.15) is 13.2 Å². The first-order valence-corrected chi connectivity index (χ1v) is 7.91. The molecule has 1 aliphatic heterocycles. The fourth-order valence-electron chi connectivity index (χ4n) is 2.52. The third-order valence-corrected chi connectivity index (χ3v) is 4.25. The minimum Gasteiger partial charge on any atom is -0.483 e. The molecule has 0 bridgehead atoms. The van der Waals surface area contributed by atoms with E-state index < -0.39 is 12.8 Å². The average molecular weight is 391 g/mol. The molecule has 2 heterocycles. The molecule has 132 valence electrons. The molecule has 0 saturated carbocycles. The molecule has 0 saturated heterocycles. The van der Waals surface area contributed by atoms with E-state index in [2.05, 4.69) is 9.72 Å². The van der Waals surface area contributed by atoms with Crippen LogP contribution in [0.2, 0.25) is 10.2 Å². The smallest absolute Gasteiger partial charge is 0.422 e. The number of hydrogen-bond donors (Lipinski definition) is 0. The number of alkyl halides is 3. The highest BCUT2D eigenvalue weighted by Gasteiger charge is 2.30. The number of fused-ring (bicyclic) bond motifs is 1. The third kappa shape index (κ3) is 3.99. The molecule has 0 atom stereocenters. The van der Waals surface area contributed by atoms with E-state index in [1.54, 1.807) is 17.0 Å². The summed E-state index contributed by atoms with van der Waals surface area (Å²) in [6.45, 7) is -0.870. The van der Waals surface area contributed by atoms with Gasteiger partial charge < -0.3 is 9.64 Å². The normalized spacial score (nSPS) is 14.0. The highest BCUT2D eigenvalue weighted by molar-refractivity contribution is 6.32. The van der Waals surface area contributed by atoms with Crippen LogP contribution in [0.4, 0.5) is 13.2 Å². The van der Waals surface area contributed by atoms with E-state index in [1.807, 2.05) is 0 Å². The number of rotatable bonds is 4. The molecule has 0 spiro atoms. The maximum atomic E-state index is 12.4. The average Bonchev–Trinajstić information content (AvgIpc) is 2.84. The fourth-order valence-corrected chi connectivity index (χ4v) is 2.99. The molecule has 25 heavy (non-hydrogen) atoms. The second-order valence-corrected chi connectivity index (χ2v) is 6.22. The van der Waals surface area contributed by atoms with E-state index in [0.29, 0.717) is 23.2 Å². The molecule has 3 rings (SSSR count). The van der Waals surface area contributed by atoms with Crippen molar-refractivity contribution in [2.24, 2.45) is 0 Å². The Morgan fingerprint density at radius 3 is 2.64 bits per heavy atom. The largest absolute Gasteiger partial charge is 0.483 e. The van der Waals surface area contributed by atoms with Gasteiger partial charge in [0.1, 0.15) is 10.9 Å². The van der Waals surface area contributed by atoms with Crippen LogP contribution in [0.25, 0.3) is 0 Å². The number of carbonyl (C=O) groups is 1. The molecular formula is C16H11Cl2F3N2O2. The number of aromatic nitrogens is 1. The molecular weight excluding hydrogens is 380 g/mol. The quantitative estimate of drug-likeness (QED) is 0.722. The van der Waals surface area contributed by atoms with Crippen LogP contribution >= 0.6 is 23.2 Å². The Morgan fingerprint density at radius 1 is 1.24 bits per heavy atom. The lowest BCUT2D eigenvalue weighted by molar-refractivity contribution is -0.153. The number of carbonyl (C=O) groups excluding carboxylic acids is 1. The predicted octanol–water partition coefficient (Wildman–Crippen LogP) is 4.49. The van der Waals surface area contributed by atoms with E-state index in [4.69, 9.17) is 23.2 Å². The van der Waals surface area contributed by atoms with Gasteiger partial charge in [0.05, 0.1) is 11.6 Å². The third-order valence-electron chi connectivity index (χ3n) is 3.63. The summed E-state index contributed by atoms with van der Waals surface area (Å²) >= 11 is 12.0. The van der Waals surface area contributed by atoms with Gasteiger partial charge in [-0.3, -0.25) is 4.79 Å². The molecule has 1 aromatic carbocycles. The van der Waals surface area contributed by atoms with Crippen LogP contribution in [0.15, 0.2) is 30.5 Å². The monoisotopic (exact) mass is 390 g/mol. The number of nitrogens with zero attached hydrogens (tertiary/aromatic N) is 2. The van der Waals surface area contributed by atoms with Crippen molar-refractivity contribution < 1.29 is 22.7 Å². The highest BCUT2D eigenvalue weighted by atomic mass is 35.5. The second-order valence-electron chi connectivity index (χ2n) is 5.46. The lowest BCUT2D eigenvalue weighted by atomic mass is 10.2. The van der Waals surface area contributed by atoms with Gasteiger partial charge >= 0.3 is 6.18 Å².